The van der Waals surface area contributed by atoms with Gasteiger partial charge in [0.05, 0.1) is 16.8 Å². The number of nitrogens with zero attached hydrogens (tertiary/aromatic N) is 2. The first-order valence-corrected chi connectivity index (χ1v) is 10.7. The molecule has 4 rings (SSSR count). The molecule has 12 nitrogen and oxygen atoms in total. The van der Waals surface area contributed by atoms with Crippen LogP contribution in [-0.2, 0) is 28.6 Å². The van der Waals surface area contributed by atoms with Crippen LogP contribution in [-0.4, -0.2) is 56.0 Å². The van der Waals surface area contributed by atoms with Crippen molar-refractivity contribution in [1.82, 2.24) is 4.57 Å². The Balaban J connectivity index is 2.15. The Morgan fingerprint density at radius 1 is 1.00 bits per heavy atom. The van der Waals surface area contributed by atoms with Crippen molar-refractivity contribution >= 4 is 29.5 Å². The number of carbonyl (C=O) groups excluding carboxylic acids is 5. The Hall–Kier alpha value is -4.50. The lowest BCUT2D eigenvalue weighted by atomic mass is 9.75. The van der Waals surface area contributed by atoms with Crippen LogP contribution in [0.3, 0.4) is 0 Å². The second kappa shape index (κ2) is 8.31. The van der Waals surface area contributed by atoms with Gasteiger partial charge in [-0.2, -0.15) is 5.26 Å². The molecule has 1 aromatic heterocycles. The summed E-state index contributed by atoms with van der Waals surface area (Å²) in [5, 5.41) is 31.8. The van der Waals surface area contributed by atoms with Gasteiger partial charge in [-0.25, -0.2) is 4.57 Å². The Kier molecular flexibility index (Phi) is 5.69. The summed E-state index contributed by atoms with van der Waals surface area (Å²) in [7, 11) is 0. The third-order valence-electron chi connectivity index (χ3n) is 6.09. The molecule has 1 aromatic carbocycles. The molecule has 0 spiro atoms. The normalized spacial score (nSPS) is 24.1. The monoisotopic (exact) mass is 496 g/mol. The Bertz CT molecular complexity index is 1410. The van der Waals surface area contributed by atoms with Crippen molar-refractivity contribution < 1.29 is 48.4 Å². The summed E-state index contributed by atoms with van der Waals surface area (Å²) in [6, 6.07) is 3.83. The molecule has 2 N–H and O–H groups in total. The number of fused-ring (bicyclic) bond motifs is 4. The minimum absolute atomic E-state index is 0.183. The second-order valence-corrected chi connectivity index (χ2v) is 8.59. The van der Waals surface area contributed by atoms with Gasteiger partial charge in [0.1, 0.15) is 17.0 Å². The molecule has 0 saturated heterocycles. The highest BCUT2D eigenvalue weighted by molar-refractivity contribution is 6.29. The zero-order chi connectivity index (χ0) is 26.7. The van der Waals surface area contributed by atoms with Crippen molar-refractivity contribution in [2.75, 3.05) is 0 Å². The number of phenols is 1. The molecule has 2 aliphatic carbocycles. The molecular formula is C24H20N2O10. The minimum atomic E-state index is -2.29. The van der Waals surface area contributed by atoms with Gasteiger partial charge < -0.3 is 24.4 Å². The van der Waals surface area contributed by atoms with E-state index in [0.29, 0.717) is 4.57 Å². The van der Waals surface area contributed by atoms with E-state index in [4.69, 9.17) is 14.2 Å². The summed E-state index contributed by atoms with van der Waals surface area (Å²) in [5.41, 5.74) is -4.23. The van der Waals surface area contributed by atoms with E-state index < -0.39 is 64.8 Å². The average molecular weight is 496 g/mol. The quantitative estimate of drug-likeness (QED) is 0.392. The lowest BCUT2D eigenvalue weighted by Gasteiger charge is -2.45. The number of benzene rings is 1. The summed E-state index contributed by atoms with van der Waals surface area (Å²) in [5.74, 6) is -4.90. The van der Waals surface area contributed by atoms with Gasteiger partial charge in [-0.05, 0) is 13.0 Å². The molecule has 0 fully saturated rings. The lowest BCUT2D eigenvalue weighted by molar-refractivity contribution is -0.221. The molecule has 1 heterocycles. The van der Waals surface area contributed by atoms with Crippen LogP contribution in [0.5, 0.6) is 5.75 Å². The van der Waals surface area contributed by atoms with E-state index in [-0.39, 0.29) is 27.9 Å². The predicted octanol–water partition coefficient (Wildman–Crippen LogP) is 1.20. The maximum Gasteiger partial charge on any atom is 0.303 e. The lowest BCUT2D eigenvalue weighted by Crippen LogP contribution is -2.55. The molecule has 36 heavy (non-hydrogen) atoms. The van der Waals surface area contributed by atoms with E-state index in [1.54, 1.807) is 6.19 Å². The number of aliphatic hydroxyl groups is 1. The fourth-order valence-electron chi connectivity index (χ4n) is 4.81. The Labute approximate surface area is 203 Å². The van der Waals surface area contributed by atoms with Crippen molar-refractivity contribution in [3.8, 4) is 11.9 Å². The first-order chi connectivity index (χ1) is 16.8. The van der Waals surface area contributed by atoms with Crippen LogP contribution in [0.1, 0.15) is 83.1 Å². The molecule has 0 bridgehead atoms. The second-order valence-electron chi connectivity index (χ2n) is 8.59. The minimum Gasteiger partial charge on any atom is -0.507 e. The van der Waals surface area contributed by atoms with Crippen molar-refractivity contribution in [1.29, 1.82) is 5.26 Å². The van der Waals surface area contributed by atoms with Crippen LogP contribution in [0.2, 0.25) is 0 Å². The van der Waals surface area contributed by atoms with E-state index >= 15 is 0 Å². The van der Waals surface area contributed by atoms with Gasteiger partial charge in [-0.15, -0.1) is 0 Å². The van der Waals surface area contributed by atoms with Crippen LogP contribution in [0.25, 0.3) is 0 Å². The number of rotatable bonds is 3. The van der Waals surface area contributed by atoms with Crippen LogP contribution in [0.4, 0.5) is 0 Å². The number of hydrogen-bond donors (Lipinski definition) is 2. The van der Waals surface area contributed by atoms with Crippen LogP contribution >= 0.6 is 0 Å². The van der Waals surface area contributed by atoms with Gasteiger partial charge in [0.15, 0.2) is 30.3 Å². The highest BCUT2D eigenvalue weighted by atomic mass is 16.6. The number of aromatic nitrogens is 1. The van der Waals surface area contributed by atoms with Gasteiger partial charge in [0.25, 0.3) is 0 Å². The number of phenolic OH excluding ortho intramolecular Hbond substituents is 1. The fraction of sp³-hybridized carbons (Fsp3) is 0.333. The summed E-state index contributed by atoms with van der Waals surface area (Å²) < 4.78 is 16.7. The largest absolute Gasteiger partial charge is 0.507 e. The molecule has 0 saturated carbocycles. The first-order valence-electron chi connectivity index (χ1n) is 10.7. The van der Waals surface area contributed by atoms with Crippen molar-refractivity contribution in [2.24, 2.45) is 0 Å². The summed E-state index contributed by atoms with van der Waals surface area (Å²) >= 11 is 0. The van der Waals surface area contributed by atoms with Crippen LogP contribution in [0, 0.1) is 11.5 Å². The third kappa shape index (κ3) is 3.44. The molecule has 0 aliphatic heterocycles. The Morgan fingerprint density at radius 2 is 1.61 bits per heavy atom. The van der Waals surface area contributed by atoms with Crippen molar-refractivity contribution in [2.45, 2.75) is 51.6 Å². The van der Waals surface area contributed by atoms with Crippen molar-refractivity contribution in [3.63, 3.8) is 0 Å². The highest BCUT2D eigenvalue weighted by Gasteiger charge is 2.60. The van der Waals surface area contributed by atoms with Crippen LogP contribution in [0.15, 0.2) is 18.2 Å². The van der Waals surface area contributed by atoms with Gasteiger partial charge in [0.2, 0.25) is 5.78 Å². The fourth-order valence-corrected chi connectivity index (χ4v) is 4.81. The predicted molar refractivity (Wildman–Crippen MR) is 116 cm³/mol. The van der Waals surface area contributed by atoms with Crippen molar-refractivity contribution in [3.05, 3.63) is 51.8 Å². The van der Waals surface area contributed by atoms with E-state index in [0.717, 1.165) is 27.7 Å². The van der Waals surface area contributed by atoms with E-state index in [1.807, 2.05) is 0 Å². The summed E-state index contributed by atoms with van der Waals surface area (Å²) in [6.45, 7) is 4.22. The zero-order valence-corrected chi connectivity index (χ0v) is 19.5. The maximum absolute atomic E-state index is 13.7. The number of carbonyl (C=O) groups is 5. The third-order valence-corrected chi connectivity index (χ3v) is 6.09. The number of aromatic hydroxyl groups is 1. The summed E-state index contributed by atoms with van der Waals surface area (Å²) in [6.07, 6.45) is -3.36. The number of esters is 3. The highest BCUT2D eigenvalue weighted by Crippen LogP contribution is 2.52. The molecule has 0 radical (unpaired) electrons. The first kappa shape index (κ1) is 24.6. The topological polar surface area (TPSA) is 182 Å². The number of ether oxygens (including phenoxy) is 3. The standard InChI is InChI=1S/C24H20N2O10/c1-9(27)34-21-16-15-17(20(32)14-12(19(15)31)6-5-7-13(14)30)26(8-25)18(16)22(35-10(2)28)24(4,33)23(21)36-11(3)29/h5-7,21-23,30,33H,1-4H3/t21-,22+,23+,24+/m1/s1. The molecule has 2 aliphatic rings. The van der Waals surface area contributed by atoms with Crippen LogP contribution < -0.4 is 0 Å². The SMILES string of the molecule is CC(=O)O[C@@H]1c2c3c(n(C#N)c2[C@H](OC(C)=O)[C@](C)(O)[C@H]1OC(C)=O)C(=O)c1c(O)cccc1C3=O. The molecule has 12 heteroatoms. The molecule has 0 unspecified atom stereocenters. The van der Waals surface area contributed by atoms with E-state index in [9.17, 15) is 39.4 Å². The molecule has 4 atom stereocenters. The van der Waals surface area contributed by atoms with Gasteiger partial charge >= 0.3 is 17.9 Å². The molecular weight excluding hydrogens is 476 g/mol. The summed E-state index contributed by atoms with van der Waals surface area (Å²) in [4.78, 5) is 63.2. The number of ketones is 2. The number of hydrogen-bond acceptors (Lipinski definition) is 11. The molecule has 2 aromatic rings. The van der Waals surface area contributed by atoms with Gasteiger partial charge in [-0.1, -0.05) is 12.1 Å². The molecule has 186 valence electrons. The van der Waals surface area contributed by atoms with Gasteiger partial charge in [-0.3, -0.25) is 24.0 Å². The number of nitriles is 1. The zero-order valence-electron chi connectivity index (χ0n) is 19.5. The smallest absolute Gasteiger partial charge is 0.303 e. The van der Waals surface area contributed by atoms with E-state index in [2.05, 4.69) is 0 Å². The maximum atomic E-state index is 13.7. The Morgan fingerprint density at radius 3 is 2.17 bits per heavy atom. The molecule has 0 amide bonds. The van der Waals surface area contributed by atoms with Gasteiger partial charge in [0, 0.05) is 31.9 Å². The van der Waals surface area contributed by atoms with E-state index in [1.165, 1.54) is 18.2 Å². The average Bonchev–Trinajstić information content (AvgIpc) is 3.12.